The third-order valence-corrected chi connectivity index (χ3v) is 7.68. The number of carbonyl (C=O) groups is 1. The molecular formula is C23H17F8N5O3S. The van der Waals surface area contributed by atoms with Crippen LogP contribution in [0, 0.1) is 0 Å². The molecule has 0 unspecified atom stereocenters. The molecular weight excluding hydrogens is 578 g/mol. The van der Waals surface area contributed by atoms with Gasteiger partial charge in [0.25, 0.3) is 11.8 Å². The number of hydrogen-bond donors (Lipinski definition) is 1. The Labute approximate surface area is 220 Å². The molecule has 1 amide bonds. The maximum atomic E-state index is 13.5. The normalized spacial score (nSPS) is 16.9. The van der Waals surface area contributed by atoms with Crippen LogP contribution in [0.3, 0.4) is 0 Å². The van der Waals surface area contributed by atoms with Gasteiger partial charge in [0.2, 0.25) is 10.0 Å². The van der Waals surface area contributed by atoms with Gasteiger partial charge in [0, 0.05) is 24.7 Å². The smallest absolute Gasteiger partial charge is 0.366 e. The number of alkyl halides is 8. The van der Waals surface area contributed by atoms with Gasteiger partial charge in [-0.05, 0) is 35.9 Å². The second-order valence-corrected chi connectivity index (χ2v) is 10.7. The molecule has 0 radical (unpaired) electrons. The number of nitrogens with two attached hydrogens (primary N) is 1. The van der Waals surface area contributed by atoms with Crippen LogP contribution in [0.1, 0.15) is 23.1 Å². The molecule has 1 saturated heterocycles. The molecule has 0 spiro atoms. The number of carbonyl (C=O) groups excluding carboxylic acids is 1. The van der Waals surface area contributed by atoms with Gasteiger partial charge in [-0.15, -0.1) is 5.10 Å². The zero-order valence-corrected chi connectivity index (χ0v) is 20.7. The average Bonchev–Trinajstić information content (AvgIpc) is 3.47. The van der Waals surface area contributed by atoms with Crippen molar-refractivity contribution < 1.29 is 48.3 Å². The summed E-state index contributed by atoms with van der Waals surface area (Å²) in [4.78, 5) is 15.5. The predicted octanol–water partition coefficient (Wildman–Crippen LogP) is 4.50. The maximum Gasteiger partial charge on any atom is 0.416 e. The molecule has 214 valence electrons. The highest BCUT2D eigenvalue weighted by atomic mass is 32.2. The van der Waals surface area contributed by atoms with Crippen LogP contribution in [0.25, 0.3) is 23.2 Å². The van der Waals surface area contributed by atoms with E-state index in [4.69, 9.17) is 5.73 Å². The van der Waals surface area contributed by atoms with Gasteiger partial charge in [0.15, 0.2) is 5.82 Å². The number of halogens is 8. The third-order valence-electron chi connectivity index (χ3n) is 5.82. The highest BCUT2D eigenvalue weighted by molar-refractivity contribution is 7.89. The van der Waals surface area contributed by atoms with Gasteiger partial charge >= 0.3 is 12.4 Å². The van der Waals surface area contributed by atoms with Crippen LogP contribution in [0.15, 0.2) is 53.7 Å². The van der Waals surface area contributed by atoms with Crippen molar-refractivity contribution in [1.29, 1.82) is 0 Å². The molecule has 1 fully saturated rings. The molecule has 0 atom stereocenters. The average molecular weight is 595 g/mol. The minimum Gasteiger partial charge on any atom is -0.366 e. The fourth-order valence-corrected chi connectivity index (χ4v) is 5.30. The van der Waals surface area contributed by atoms with Crippen molar-refractivity contribution in [3.05, 3.63) is 65.5 Å². The SMILES string of the molecule is NC(=O)/C(=C/n1cnc(-c2cc(C(F)(F)F)cc(C(F)(F)F)c2)n1)c1ccc(S(=O)(=O)N2CCC(F)(F)C2)cc1. The first-order valence-corrected chi connectivity index (χ1v) is 12.5. The lowest BCUT2D eigenvalue weighted by Gasteiger charge is -2.16. The largest absolute Gasteiger partial charge is 0.416 e. The molecule has 17 heteroatoms. The van der Waals surface area contributed by atoms with Crippen molar-refractivity contribution in [3.63, 3.8) is 0 Å². The first-order valence-electron chi connectivity index (χ1n) is 11.1. The summed E-state index contributed by atoms with van der Waals surface area (Å²) in [6.07, 6.45) is -8.93. The number of primary amides is 1. The van der Waals surface area contributed by atoms with E-state index in [1.807, 2.05) is 0 Å². The molecule has 0 bridgehead atoms. The second kappa shape index (κ2) is 9.96. The first-order chi connectivity index (χ1) is 18.4. The standard InChI is InChI=1S/C23H17F8N5O3S/c24-21(25)5-6-36(11-21)40(38,39)17-3-1-13(2-4-17)18(19(32)37)10-35-12-33-20(34-35)14-7-15(22(26,27)28)9-16(8-14)23(29,30)31/h1-4,7-10,12H,5-6,11H2,(H2,32,37)/b18-10+. The van der Waals surface area contributed by atoms with Gasteiger partial charge in [-0.25, -0.2) is 26.9 Å². The lowest BCUT2D eigenvalue weighted by Crippen LogP contribution is -2.31. The van der Waals surface area contributed by atoms with Crippen molar-refractivity contribution in [2.45, 2.75) is 29.6 Å². The van der Waals surface area contributed by atoms with Crippen LogP contribution >= 0.6 is 0 Å². The molecule has 2 heterocycles. The number of benzene rings is 2. The number of nitrogens with zero attached hydrogens (tertiary/aromatic N) is 4. The molecule has 40 heavy (non-hydrogen) atoms. The van der Waals surface area contributed by atoms with E-state index in [0.29, 0.717) is 16.4 Å². The van der Waals surface area contributed by atoms with E-state index in [1.165, 1.54) is 0 Å². The molecule has 1 aromatic heterocycles. The molecule has 1 aliphatic rings. The Kier molecular flexibility index (Phi) is 7.25. The van der Waals surface area contributed by atoms with E-state index in [-0.39, 0.29) is 28.6 Å². The summed E-state index contributed by atoms with van der Waals surface area (Å²) in [5, 5.41) is 3.81. The lowest BCUT2D eigenvalue weighted by molar-refractivity contribution is -0.143. The van der Waals surface area contributed by atoms with Gasteiger partial charge in [0.05, 0.1) is 28.1 Å². The monoisotopic (exact) mass is 595 g/mol. The fraction of sp³-hybridized carbons (Fsp3) is 0.261. The predicted molar refractivity (Wildman–Crippen MR) is 124 cm³/mol. The Balaban J connectivity index is 1.66. The van der Waals surface area contributed by atoms with Crippen LogP contribution < -0.4 is 5.73 Å². The van der Waals surface area contributed by atoms with Crippen molar-refractivity contribution in [1.82, 2.24) is 19.1 Å². The van der Waals surface area contributed by atoms with E-state index < -0.39 is 69.7 Å². The molecule has 0 saturated carbocycles. The van der Waals surface area contributed by atoms with Crippen molar-refractivity contribution >= 4 is 27.7 Å². The lowest BCUT2D eigenvalue weighted by atomic mass is 10.0. The zero-order valence-electron chi connectivity index (χ0n) is 19.8. The van der Waals surface area contributed by atoms with E-state index in [0.717, 1.165) is 41.5 Å². The number of sulfonamides is 1. The summed E-state index contributed by atoms with van der Waals surface area (Å²) < 4.78 is 133. The Morgan fingerprint density at radius 2 is 1.55 bits per heavy atom. The van der Waals surface area contributed by atoms with E-state index >= 15 is 0 Å². The highest BCUT2D eigenvalue weighted by Gasteiger charge is 2.43. The summed E-state index contributed by atoms with van der Waals surface area (Å²) >= 11 is 0. The topological polar surface area (TPSA) is 111 Å². The quantitative estimate of drug-likeness (QED) is 0.334. The van der Waals surface area contributed by atoms with Crippen molar-refractivity contribution in [2.75, 3.05) is 13.1 Å². The zero-order chi connectivity index (χ0) is 29.7. The van der Waals surface area contributed by atoms with E-state index in [1.54, 1.807) is 0 Å². The minimum atomic E-state index is -5.09. The van der Waals surface area contributed by atoms with E-state index in [9.17, 15) is 48.3 Å². The third kappa shape index (κ3) is 6.14. The Hall–Kier alpha value is -3.86. The Morgan fingerprint density at radius 1 is 0.975 bits per heavy atom. The van der Waals surface area contributed by atoms with Crippen LogP contribution in [-0.2, 0) is 27.2 Å². The molecule has 1 aliphatic heterocycles. The first kappa shape index (κ1) is 29.1. The van der Waals surface area contributed by atoms with Crippen LogP contribution in [0.2, 0.25) is 0 Å². The number of aromatic nitrogens is 3. The Morgan fingerprint density at radius 3 is 2.02 bits per heavy atom. The van der Waals surface area contributed by atoms with Gasteiger partial charge in [0.1, 0.15) is 6.33 Å². The van der Waals surface area contributed by atoms with Crippen LogP contribution in [-0.4, -0.2) is 52.4 Å². The summed E-state index contributed by atoms with van der Waals surface area (Å²) in [5.74, 6) is -4.74. The fourth-order valence-electron chi connectivity index (χ4n) is 3.83. The van der Waals surface area contributed by atoms with Crippen LogP contribution in [0.4, 0.5) is 35.1 Å². The molecule has 8 nitrogen and oxygen atoms in total. The number of rotatable bonds is 6. The van der Waals surface area contributed by atoms with Gasteiger partial charge in [-0.1, -0.05) is 12.1 Å². The van der Waals surface area contributed by atoms with Gasteiger partial charge in [-0.2, -0.15) is 30.6 Å². The van der Waals surface area contributed by atoms with Crippen molar-refractivity contribution in [3.8, 4) is 11.4 Å². The summed E-state index contributed by atoms with van der Waals surface area (Å²) in [5.41, 5.74) is 1.41. The Bertz CT molecular complexity index is 1550. The molecule has 0 aliphatic carbocycles. The van der Waals surface area contributed by atoms with Gasteiger partial charge < -0.3 is 5.73 Å². The molecule has 4 rings (SSSR count). The molecule has 3 aromatic rings. The molecule has 2 N–H and O–H groups in total. The van der Waals surface area contributed by atoms with Gasteiger partial charge in [-0.3, -0.25) is 4.79 Å². The van der Waals surface area contributed by atoms with E-state index in [2.05, 4.69) is 10.1 Å². The summed E-state index contributed by atoms with van der Waals surface area (Å²) in [6.45, 7) is -1.36. The van der Waals surface area contributed by atoms with Crippen molar-refractivity contribution in [2.24, 2.45) is 5.73 Å². The highest BCUT2D eigenvalue weighted by Crippen LogP contribution is 2.38. The molecule has 2 aromatic carbocycles. The minimum absolute atomic E-state index is 0.0497. The van der Waals surface area contributed by atoms with Crippen LogP contribution in [0.5, 0.6) is 0 Å². The number of hydrogen-bond acceptors (Lipinski definition) is 5. The number of amides is 1. The second-order valence-electron chi connectivity index (χ2n) is 8.72. The summed E-state index contributed by atoms with van der Waals surface area (Å²) in [7, 11) is -4.26. The summed E-state index contributed by atoms with van der Waals surface area (Å²) in [6, 6.07) is 5.27. The maximum absolute atomic E-state index is 13.5.